The third-order valence-electron chi connectivity index (χ3n) is 4.73. The molecule has 0 radical (unpaired) electrons. The molecule has 3 heterocycles. The number of ether oxygens (including phenoxy) is 1. The largest absolute Gasteiger partial charge is 0.504 e. The molecule has 0 atom stereocenters. The van der Waals surface area contributed by atoms with Crippen LogP contribution in [0.1, 0.15) is 16.8 Å². The molecule has 2 aromatic heterocycles. The summed E-state index contributed by atoms with van der Waals surface area (Å²) in [6.07, 6.45) is 1.93. The van der Waals surface area contributed by atoms with E-state index in [9.17, 15) is 5.11 Å². The van der Waals surface area contributed by atoms with E-state index in [2.05, 4.69) is 29.1 Å². The maximum atomic E-state index is 10.4. The first-order chi connectivity index (χ1) is 12.1. The van der Waals surface area contributed by atoms with Crippen LogP contribution in [-0.4, -0.2) is 32.9 Å². The quantitative estimate of drug-likeness (QED) is 0.780. The highest BCUT2D eigenvalue weighted by Crippen LogP contribution is 2.38. The minimum Gasteiger partial charge on any atom is -0.504 e. The second-order valence-electron chi connectivity index (χ2n) is 6.40. The SMILES string of the molecule is Cc1c(CN2CCOc3c(O)cc(-c4cccs4)cc3C2)cnn1C. The highest BCUT2D eigenvalue weighted by atomic mass is 32.1. The van der Waals surface area contributed by atoms with Crippen molar-refractivity contribution < 1.29 is 9.84 Å². The maximum absolute atomic E-state index is 10.4. The van der Waals surface area contributed by atoms with Gasteiger partial charge in [0.25, 0.3) is 0 Å². The number of phenols is 1. The van der Waals surface area contributed by atoms with Crippen molar-refractivity contribution in [3.63, 3.8) is 0 Å². The Morgan fingerprint density at radius 2 is 2.24 bits per heavy atom. The van der Waals surface area contributed by atoms with Crippen LogP contribution in [0, 0.1) is 6.92 Å². The highest BCUT2D eigenvalue weighted by molar-refractivity contribution is 7.13. The van der Waals surface area contributed by atoms with Gasteiger partial charge in [-0.15, -0.1) is 11.3 Å². The van der Waals surface area contributed by atoms with Gasteiger partial charge in [-0.05, 0) is 36.1 Å². The molecule has 0 saturated carbocycles. The molecule has 0 spiro atoms. The summed E-state index contributed by atoms with van der Waals surface area (Å²) in [5, 5.41) is 16.8. The summed E-state index contributed by atoms with van der Waals surface area (Å²) >= 11 is 1.67. The van der Waals surface area contributed by atoms with E-state index < -0.39 is 0 Å². The number of fused-ring (bicyclic) bond motifs is 1. The zero-order valence-corrected chi connectivity index (χ0v) is 15.2. The number of aromatic hydroxyl groups is 1. The van der Waals surface area contributed by atoms with Gasteiger partial charge in [0, 0.05) is 48.4 Å². The molecule has 25 heavy (non-hydrogen) atoms. The van der Waals surface area contributed by atoms with Crippen LogP contribution < -0.4 is 4.74 Å². The van der Waals surface area contributed by atoms with Gasteiger partial charge < -0.3 is 9.84 Å². The maximum Gasteiger partial charge on any atom is 0.165 e. The number of benzene rings is 1. The molecule has 1 N–H and O–H groups in total. The van der Waals surface area contributed by atoms with E-state index in [4.69, 9.17) is 4.74 Å². The molecule has 130 valence electrons. The summed E-state index contributed by atoms with van der Waals surface area (Å²) in [6.45, 7) is 5.04. The van der Waals surface area contributed by atoms with Crippen molar-refractivity contribution in [1.29, 1.82) is 0 Å². The van der Waals surface area contributed by atoms with Crippen LogP contribution in [0.15, 0.2) is 35.8 Å². The number of aromatic nitrogens is 2. The Balaban J connectivity index is 1.64. The van der Waals surface area contributed by atoms with Crippen LogP contribution in [0.2, 0.25) is 0 Å². The number of aryl methyl sites for hydroxylation is 1. The molecule has 0 bridgehead atoms. The minimum absolute atomic E-state index is 0.223. The molecule has 4 rings (SSSR count). The summed E-state index contributed by atoms with van der Waals surface area (Å²) in [4.78, 5) is 3.49. The van der Waals surface area contributed by atoms with Crippen molar-refractivity contribution in [3.8, 4) is 21.9 Å². The Kier molecular flexibility index (Phi) is 4.23. The first-order valence-corrected chi connectivity index (χ1v) is 9.22. The number of thiophene rings is 1. The molecular formula is C19H21N3O2S. The van der Waals surface area contributed by atoms with Crippen molar-refractivity contribution in [2.45, 2.75) is 20.0 Å². The zero-order valence-electron chi connectivity index (χ0n) is 14.4. The van der Waals surface area contributed by atoms with Gasteiger partial charge in [0.1, 0.15) is 6.61 Å². The van der Waals surface area contributed by atoms with Crippen molar-refractivity contribution in [1.82, 2.24) is 14.7 Å². The van der Waals surface area contributed by atoms with E-state index in [1.165, 1.54) is 11.3 Å². The molecular weight excluding hydrogens is 334 g/mol. The van der Waals surface area contributed by atoms with Crippen LogP contribution in [-0.2, 0) is 20.1 Å². The predicted octanol–water partition coefficient (Wildman–Crippen LogP) is 3.56. The van der Waals surface area contributed by atoms with Crippen molar-refractivity contribution in [2.24, 2.45) is 7.05 Å². The molecule has 0 saturated heterocycles. The second-order valence-corrected chi connectivity index (χ2v) is 7.35. The predicted molar refractivity (Wildman–Crippen MR) is 99.0 cm³/mol. The number of phenolic OH excluding ortho intramolecular Hbond substituents is 1. The number of nitrogens with zero attached hydrogens (tertiary/aromatic N) is 3. The molecule has 6 heteroatoms. The average molecular weight is 355 g/mol. The Hall–Kier alpha value is -2.31. The van der Waals surface area contributed by atoms with Gasteiger partial charge in [-0.2, -0.15) is 5.10 Å². The Morgan fingerprint density at radius 3 is 2.96 bits per heavy atom. The lowest BCUT2D eigenvalue weighted by Gasteiger charge is -2.19. The lowest BCUT2D eigenvalue weighted by molar-refractivity contribution is 0.217. The van der Waals surface area contributed by atoms with Crippen LogP contribution >= 0.6 is 11.3 Å². The lowest BCUT2D eigenvalue weighted by Crippen LogP contribution is -2.25. The van der Waals surface area contributed by atoms with Gasteiger partial charge in [-0.25, -0.2) is 0 Å². The molecule has 5 nitrogen and oxygen atoms in total. The van der Waals surface area contributed by atoms with Gasteiger partial charge in [-0.1, -0.05) is 6.07 Å². The molecule has 0 fully saturated rings. The Morgan fingerprint density at radius 1 is 1.36 bits per heavy atom. The summed E-state index contributed by atoms with van der Waals surface area (Å²) in [5.74, 6) is 0.839. The van der Waals surface area contributed by atoms with Crippen molar-refractivity contribution in [2.75, 3.05) is 13.2 Å². The monoisotopic (exact) mass is 355 g/mol. The van der Waals surface area contributed by atoms with E-state index >= 15 is 0 Å². The summed E-state index contributed by atoms with van der Waals surface area (Å²) in [7, 11) is 1.96. The fourth-order valence-electron chi connectivity index (χ4n) is 3.21. The Labute approximate surface area is 151 Å². The standard InChI is InChI=1S/C19H21N3O2S/c1-13-16(10-20-21(13)2)12-22-5-6-24-19-15(11-22)8-14(9-17(19)23)18-4-3-7-25-18/h3-4,7-10,23H,5-6,11-12H2,1-2H3. The Bertz CT molecular complexity index is 886. The van der Waals surface area contributed by atoms with Crippen LogP contribution in [0.5, 0.6) is 11.5 Å². The molecule has 0 amide bonds. The lowest BCUT2D eigenvalue weighted by atomic mass is 10.1. The normalized spacial score (nSPS) is 14.8. The summed E-state index contributed by atoms with van der Waals surface area (Å²) in [6, 6.07) is 8.03. The number of hydrogen-bond acceptors (Lipinski definition) is 5. The van der Waals surface area contributed by atoms with Gasteiger partial charge >= 0.3 is 0 Å². The van der Waals surface area contributed by atoms with Crippen LogP contribution in [0.4, 0.5) is 0 Å². The molecule has 0 aliphatic carbocycles. The summed E-state index contributed by atoms with van der Waals surface area (Å²) in [5.41, 5.74) is 4.47. The first-order valence-electron chi connectivity index (χ1n) is 8.34. The first kappa shape index (κ1) is 16.2. The highest BCUT2D eigenvalue weighted by Gasteiger charge is 2.21. The average Bonchev–Trinajstić information content (AvgIpc) is 3.17. The second kappa shape index (κ2) is 6.54. The van der Waals surface area contributed by atoms with Gasteiger partial charge in [0.05, 0.1) is 6.20 Å². The molecule has 1 aliphatic rings. The third-order valence-corrected chi connectivity index (χ3v) is 5.65. The van der Waals surface area contributed by atoms with E-state index in [0.717, 1.165) is 35.6 Å². The molecule has 1 aromatic carbocycles. The van der Waals surface area contributed by atoms with E-state index in [1.54, 1.807) is 17.4 Å². The molecule has 1 aliphatic heterocycles. The van der Waals surface area contributed by atoms with E-state index in [0.29, 0.717) is 12.4 Å². The minimum atomic E-state index is 0.223. The van der Waals surface area contributed by atoms with E-state index in [1.807, 2.05) is 29.4 Å². The smallest absolute Gasteiger partial charge is 0.165 e. The van der Waals surface area contributed by atoms with Crippen molar-refractivity contribution in [3.05, 3.63) is 52.7 Å². The van der Waals surface area contributed by atoms with Gasteiger partial charge in [0.15, 0.2) is 11.5 Å². The topological polar surface area (TPSA) is 50.5 Å². The fourth-order valence-corrected chi connectivity index (χ4v) is 3.93. The van der Waals surface area contributed by atoms with Gasteiger partial charge in [0.2, 0.25) is 0 Å². The number of hydrogen-bond donors (Lipinski definition) is 1. The molecule has 3 aromatic rings. The van der Waals surface area contributed by atoms with Crippen LogP contribution in [0.3, 0.4) is 0 Å². The summed E-state index contributed by atoms with van der Waals surface area (Å²) < 4.78 is 7.75. The molecule has 0 unspecified atom stereocenters. The zero-order chi connectivity index (χ0) is 17.4. The fraction of sp³-hybridized carbons (Fsp3) is 0.316. The van der Waals surface area contributed by atoms with E-state index in [-0.39, 0.29) is 5.75 Å². The van der Waals surface area contributed by atoms with Crippen LogP contribution in [0.25, 0.3) is 10.4 Å². The van der Waals surface area contributed by atoms with Crippen molar-refractivity contribution >= 4 is 11.3 Å². The number of rotatable bonds is 3. The van der Waals surface area contributed by atoms with Gasteiger partial charge in [-0.3, -0.25) is 9.58 Å². The third kappa shape index (κ3) is 3.15.